The highest BCUT2D eigenvalue weighted by molar-refractivity contribution is 5.69. The van der Waals surface area contributed by atoms with Crippen molar-refractivity contribution >= 4 is 5.97 Å². The fraction of sp³-hybridized carbons (Fsp3) is 0.784. The van der Waals surface area contributed by atoms with Crippen LogP contribution in [0.5, 0.6) is 0 Å². The molecular formula is C51H90O9. The van der Waals surface area contributed by atoms with Gasteiger partial charge in [-0.25, -0.2) is 0 Å². The van der Waals surface area contributed by atoms with Crippen molar-refractivity contribution in [1.29, 1.82) is 0 Å². The predicted octanol–water partition coefficient (Wildman–Crippen LogP) is 11.5. The Morgan fingerprint density at radius 2 is 1.02 bits per heavy atom. The van der Waals surface area contributed by atoms with Gasteiger partial charge in [0, 0.05) is 13.0 Å². The third-order valence-corrected chi connectivity index (χ3v) is 10.9. The third kappa shape index (κ3) is 32.6. The van der Waals surface area contributed by atoms with Crippen molar-refractivity contribution in [1.82, 2.24) is 0 Å². The highest BCUT2D eigenvalue weighted by Crippen LogP contribution is 2.22. The molecule has 1 saturated heterocycles. The van der Waals surface area contributed by atoms with Gasteiger partial charge < -0.3 is 39.4 Å². The third-order valence-electron chi connectivity index (χ3n) is 10.9. The maximum Gasteiger partial charge on any atom is 0.306 e. The number of ether oxygens (including phenoxy) is 4. The largest absolute Gasteiger partial charge is 0.457 e. The van der Waals surface area contributed by atoms with Gasteiger partial charge in [0.15, 0.2) is 6.29 Å². The Kier molecular flexibility index (Phi) is 39.3. The van der Waals surface area contributed by atoms with Crippen LogP contribution in [0.25, 0.3) is 0 Å². The number of rotatable bonds is 41. The molecule has 0 aromatic heterocycles. The van der Waals surface area contributed by atoms with Gasteiger partial charge in [0.2, 0.25) is 0 Å². The molecule has 1 heterocycles. The van der Waals surface area contributed by atoms with Crippen LogP contribution in [0.3, 0.4) is 0 Å². The first-order valence-corrected chi connectivity index (χ1v) is 24.4. The molecule has 0 saturated carbocycles. The zero-order valence-electron chi connectivity index (χ0n) is 38.2. The summed E-state index contributed by atoms with van der Waals surface area (Å²) in [6.45, 7) is 4.39. The molecule has 6 unspecified atom stereocenters. The standard InChI is InChI=1S/C51H90O9/c1-3-5-7-9-11-13-15-17-19-20-21-22-23-24-25-27-29-31-33-35-37-39-41-57-43-45(44-58-51-50(56)49(55)48(54)46(42-52)60-51)59-47(53)40-38-36-34-32-30-28-26-18-16-14-12-10-8-6-4-2/h6,8,12,14,18,20-21,26,30,32,45-46,48-52,54-56H,3-5,7,9-11,13,15-17,19,22-25,27-29,31,33-44H2,1-2H3/b8-6-,14-12-,21-20-,26-18-,32-30-. The molecule has 0 bridgehead atoms. The Hall–Kier alpha value is -2.11. The van der Waals surface area contributed by atoms with E-state index in [0.717, 1.165) is 51.4 Å². The molecule has 1 rings (SSSR count). The molecular weight excluding hydrogens is 757 g/mol. The van der Waals surface area contributed by atoms with Gasteiger partial charge in [-0.05, 0) is 77.0 Å². The molecule has 0 radical (unpaired) electrons. The molecule has 4 N–H and O–H groups in total. The van der Waals surface area contributed by atoms with Gasteiger partial charge in [0.25, 0.3) is 0 Å². The molecule has 0 amide bonds. The van der Waals surface area contributed by atoms with Crippen LogP contribution in [0.1, 0.15) is 194 Å². The molecule has 0 spiro atoms. The Bertz CT molecular complexity index is 1100. The lowest BCUT2D eigenvalue weighted by Gasteiger charge is -2.39. The van der Waals surface area contributed by atoms with Crippen molar-refractivity contribution in [3.05, 3.63) is 60.8 Å². The number of hydrogen-bond donors (Lipinski definition) is 4. The summed E-state index contributed by atoms with van der Waals surface area (Å²) in [5, 5.41) is 40.2. The first-order chi connectivity index (χ1) is 29.4. The number of esters is 1. The summed E-state index contributed by atoms with van der Waals surface area (Å²) in [5.74, 6) is -0.354. The topological polar surface area (TPSA) is 135 Å². The second kappa shape index (κ2) is 42.2. The fourth-order valence-corrected chi connectivity index (χ4v) is 7.12. The molecule has 1 fully saturated rings. The van der Waals surface area contributed by atoms with E-state index >= 15 is 0 Å². The summed E-state index contributed by atoms with van der Waals surface area (Å²) in [6.07, 6.45) is 46.9. The zero-order valence-corrected chi connectivity index (χ0v) is 38.2. The van der Waals surface area contributed by atoms with Gasteiger partial charge in [-0.3, -0.25) is 4.79 Å². The monoisotopic (exact) mass is 847 g/mol. The average Bonchev–Trinajstić information content (AvgIpc) is 3.25. The highest BCUT2D eigenvalue weighted by Gasteiger charge is 2.44. The van der Waals surface area contributed by atoms with Crippen molar-refractivity contribution in [2.24, 2.45) is 0 Å². The van der Waals surface area contributed by atoms with Crippen LogP contribution in [0.2, 0.25) is 0 Å². The Morgan fingerprint density at radius 3 is 1.55 bits per heavy atom. The van der Waals surface area contributed by atoms with Crippen molar-refractivity contribution < 1.29 is 44.2 Å². The lowest BCUT2D eigenvalue weighted by Crippen LogP contribution is -2.59. The molecule has 348 valence electrons. The van der Waals surface area contributed by atoms with Crippen LogP contribution in [-0.2, 0) is 23.7 Å². The second-order valence-corrected chi connectivity index (χ2v) is 16.5. The van der Waals surface area contributed by atoms with Crippen molar-refractivity contribution in [2.45, 2.75) is 230 Å². The van der Waals surface area contributed by atoms with E-state index in [1.54, 1.807) is 0 Å². The van der Waals surface area contributed by atoms with Gasteiger partial charge in [0.05, 0.1) is 19.8 Å². The summed E-state index contributed by atoms with van der Waals surface area (Å²) < 4.78 is 22.8. The maximum absolute atomic E-state index is 12.8. The van der Waals surface area contributed by atoms with Crippen molar-refractivity contribution in [2.75, 3.05) is 26.4 Å². The fourth-order valence-electron chi connectivity index (χ4n) is 7.12. The molecule has 60 heavy (non-hydrogen) atoms. The Labute approximate surface area is 366 Å². The van der Waals surface area contributed by atoms with E-state index in [1.165, 1.54) is 116 Å². The van der Waals surface area contributed by atoms with E-state index in [1.807, 2.05) is 0 Å². The molecule has 0 aromatic rings. The molecule has 6 atom stereocenters. The summed E-state index contributed by atoms with van der Waals surface area (Å²) in [5.41, 5.74) is 0. The minimum absolute atomic E-state index is 0.125. The number of aliphatic hydroxyl groups is 4. The smallest absolute Gasteiger partial charge is 0.306 e. The summed E-state index contributed by atoms with van der Waals surface area (Å²) in [7, 11) is 0. The second-order valence-electron chi connectivity index (χ2n) is 16.5. The molecule has 1 aliphatic rings. The maximum atomic E-state index is 12.8. The van der Waals surface area contributed by atoms with E-state index in [2.05, 4.69) is 74.6 Å². The lowest BCUT2D eigenvalue weighted by molar-refractivity contribution is -0.305. The van der Waals surface area contributed by atoms with Crippen molar-refractivity contribution in [3.8, 4) is 0 Å². The lowest BCUT2D eigenvalue weighted by atomic mass is 9.99. The molecule has 0 aliphatic carbocycles. The number of carbonyl (C=O) groups is 1. The van der Waals surface area contributed by atoms with Gasteiger partial charge >= 0.3 is 5.97 Å². The van der Waals surface area contributed by atoms with E-state index in [-0.39, 0.29) is 25.6 Å². The highest BCUT2D eigenvalue weighted by atomic mass is 16.7. The Morgan fingerprint density at radius 1 is 0.550 bits per heavy atom. The molecule has 9 heteroatoms. The number of unbranched alkanes of at least 4 members (excludes halogenated alkanes) is 20. The van der Waals surface area contributed by atoms with E-state index < -0.39 is 43.4 Å². The summed E-state index contributed by atoms with van der Waals surface area (Å²) >= 11 is 0. The Balaban J connectivity index is 2.23. The van der Waals surface area contributed by atoms with Gasteiger partial charge in [0.1, 0.15) is 30.5 Å². The van der Waals surface area contributed by atoms with Crippen LogP contribution in [0.4, 0.5) is 0 Å². The summed E-state index contributed by atoms with van der Waals surface area (Å²) in [6, 6.07) is 0. The predicted molar refractivity (Wildman–Crippen MR) is 247 cm³/mol. The first kappa shape index (κ1) is 55.9. The van der Waals surface area contributed by atoms with E-state index in [0.29, 0.717) is 13.0 Å². The minimum atomic E-state index is -1.55. The average molecular weight is 847 g/mol. The van der Waals surface area contributed by atoms with Gasteiger partial charge in [-0.15, -0.1) is 0 Å². The van der Waals surface area contributed by atoms with Crippen LogP contribution >= 0.6 is 0 Å². The normalized spacial score (nSPS) is 20.5. The SMILES string of the molecule is CC/C=C\C/C=C\C/C=C\C/C=C\CCCCC(=O)OC(COCCCCCCCCCCCC/C=C\CCCCCCCCCC)COC1OC(CO)C(O)C(O)C1O. The van der Waals surface area contributed by atoms with Gasteiger partial charge in [-0.1, -0.05) is 171 Å². The van der Waals surface area contributed by atoms with Crippen molar-refractivity contribution in [3.63, 3.8) is 0 Å². The van der Waals surface area contributed by atoms with Crippen LogP contribution in [0.15, 0.2) is 60.8 Å². The number of aliphatic hydroxyl groups excluding tert-OH is 4. The molecule has 9 nitrogen and oxygen atoms in total. The number of carbonyl (C=O) groups excluding carboxylic acids is 1. The van der Waals surface area contributed by atoms with Gasteiger partial charge in [-0.2, -0.15) is 0 Å². The van der Waals surface area contributed by atoms with E-state index in [4.69, 9.17) is 18.9 Å². The quantitative estimate of drug-likeness (QED) is 0.0269. The summed E-state index contributed by atoms with van der Waals surface area (Å²) in [4.78, 5) is 12.8. The van der Waals surface area contributed by atoms with Crippen LogP contribution < -0.4 is 0 Å². The number of allylic oxidation sites excluding steroid dienone is 10. The van der Waals surface area contributed by atoms with Crippen LogP contribution in [-0.4, -0.2) is 89.6 Å². The number of hydrogen-bond acceptors (Lipinski definition) is 9. The first-order valence-electron chi connectivity index (χ1n) is 24.4. The molecule has 1 aliphatic heterocycles. The zero-order chi connectivity index (χ0) is 43.6. The van der Waals surface area contributed by atoms with Crippen LogP contribution in [0, 0.1) is 0 Å². The van der Waals surface area contributed by atoms with E-state index in [9.17, 15) is 25.2 Å². The minimum Gasteiger partial charge on any atom is -0.457 e. The molecule has 0 aromatic carbocycles.